The minimum atomic E-state index is -3.99. The number of hydrogen-bond donors (Lipinski definition) is 1. The second-order valence-electron chi connectivity index (χ2n) is 7.82. The predicted octanol–water partition coefficient (Wildman–Crippen LogP) is 5.27. The highest BCUT2D eigenvalue weighted by molar-refractivity contribution is 7.90. The fourth-order valence-electron chi connectivity index (χ4n) is 3.91. The van der Waals surface area contributed by atoms with Crippen LogP contribution in [-0.2, 0) is 21.2 Å². The molecule has 7 heteroatoms. The quantitative estimate of drug-likeness (QED) is 0.385. The number of nitrogens with zero attached hydrogens (tertiary/aromatic N) is 1. The number of hydrogen-bond acceptors (Lipinski definition) is 4. The number of aromatic nitrogens is 1. The van der Waals surface area contributed by atoms with Crippen molar-refractivity contribution < 1.29 is 23.1 Å². The molecule has 6 nitrogen and oxygen atoms in total. The first-order valence-corrected chi connectivity index (χ1v) is 12.2. The summed E-state index contributed by atoms with van der Waals surface area (Å²) in [6.45, 7) is 4.28. The molecular weight excluding hydrogens is 438 g/mol. The Balaban J connectivity index is 1.91. The van der Waals surface area contributed by atoms with Crippen LogP contribution in [0.5, 0.6) is 5.75 Å². The minimum Gasteiger partial charge on any atom is -0.494 e. The van der Waals surface area contributed by atoms with E-state index in [-0.39, 0.29) is 17.7 Å². The van der Waals surface area contributed by atoms with Gasteiger partial charge in [-0.25, -0.2) is 12.4 Å². The van der Waals surface area contributed by atoms with Crippen LogP contribution in [-0.4, -0.2) is 30.1 Å². The van der Waals surface area contributed by atoms with Crippen molar-refractivity contribution in [3.8, 4) is 16.9 Å². The van der Waals surface area contributed by atoms with E-state index in [0.29, 0.717) is 34.4 Å². The van der Waals surface area contributed by atoms with Crippen molar-refractivity contribution in [1.29, 1.82) is 0 Å². The monoisotopic (exact) mass is 463 g/mol. The minimum absolute atomic E-state index is 0.0909. The number of benzene rings is 3. The Kier molecular flexibility index (Phi) is 6.24. The van der Waals surface area contributed by atoms with Crippen LogP contribution in [0.25, 0.3) is 22.0 Å². The molecule has 0 saturated heterocycles. The molecule has 3 aromatic carbocycles. The number of carboxylic acids is 1. The van der Waals surface area contributed by atoms with Crippen LogP contribution in [0.4, 0.5) is 0 Å². The van der Waals surface area contributed by atoms with Gasteiger partial charge in [0.2, 0.25) is 0 Å². The summed E-state index contributed by atoms with van der Waals surface area (Å²) in [7, 11) is -3.99. The Labute approximate surface area is 193 Å². The maximum absolute atomic E-state index is 13.9. The maximum atomic E-state index is 13.9. The summed E-state index contributed by atoms with van der Waals surface area (Å²) < 4.78 is 34.7. The third-order valence-corrected chi connectivity index (χ3v) is 7.26. The molecule has 1 aromatic heterocycles. The standard InChI is InChI=1S/C26H25NO5S/c1-3-32-21-13-14-22-20(12-15-26(28)29)17-27(24(22)16-21)33(30,31)25-7-5-4-6-23(25)19-10-8-18(2)9-11-19/h4-11,13-14,16-17H,3,12,15H2,1-2H3,(H,28,29). The number of rotatable bonds is 8. The smallest absolute Gasteiger partial charge is 0.303 e. The molecule has 0 spiro atoms. The van der Waals surface area contributed by atoms with Crippen molar-refractivity contribution in [3.05, 3.63) is 84.1 Å². The average Bonchev–Trinajstić information content (AvgIpc) is 3.17. The van der Waals surface area contributed by atoms with E-state index in [1.165, 1.54) is 10.2 Å². The van der Waals surface area contributed by atoms with Gasteiger partial charge in [0, 0.05) is 29.6 Å². The molecule has 0 unspecified atom stereocenters. The van der Waals surface area contributed by atoms with Gasteiger partial charge < -0.3 is 9.84 Å². The number of ether oxygens (including phenoxy) is 1. The molecule has 0 saturated carbocycles. The summed E-state index contributed by atoms with van der Waals surface area (Å²) >= 11 is 0. The van der Waals surface area contributed by atoms with E-state index in [4.69, 9.17) is 9.84 Å². The summed E-state index contributed by atoms with van der Waals surface area (Å²) in [4.78, 5) is 11.3. The van der Waals surface area contributed by atoms with Gasteiger partial charge in [0.15, 0.2) is 0 Å². The molecule has 1 N–H and O–H groups in total. The van der Waals surface area contributed by atoms with Crippen molar-refractivity contribution >= 4 is 26.9 Å². The number of aryl methyl sites for hydroxylation is 2. The molecule has 170 valence electrons. The third-order valence-electron chi connectivity index (χ3n) is 5.53. The lowest BCUT2D eigenvalue weighted by Gasteiger charge is -2.13. The molecule has 0 aliphatic heterocycles. The van der Waals surface area contributed by atoms with E-state index in [0.717, 1.165) is 11.1 Å². The van der Waals surface area contributed by atoms with Gasteiger partial charge in [-0.05, 0) is 49.6 Å². The molecule has 4 rings (SSSR count). The lowest BCUT2D eigenvalue weighted by Crippen LogP contribution is -2.13. The predicted molar refractivity (Wildman–Crippen MR) is 128 cm³/mol. The van der Waals surface area contributed by atoms with Gasteiger partial charge >= 0.3 is 5.97 Å². The second-order valence-corrected chi connectivity index (χ2v) is 9.61. The Morgan fingerprint density at radius 1 is 1.03 bits per heavy atom. The van der Waals surface area contributed by atoms with Gasteiger partial charge in [-0.1, -0.05) is 48.0 Å². The lowest BCUT2D eigenvalue weighted by atomic mass is 10.0. The average molecular weight is 464 g/mol. The van der Waals surface area contributed by atoms with Crippen LogP contribution in [0, 0.1) is 6.92 Å². The van der Waals surface area contributed by atoms with Gasteiger partial charge in [0.1, 0.15) is 5.75 Å². The van der Waals surface area contributed by atoms with Crippen LogP contribution in [0.1, 0.15) is 24.5 Å². The van der Waals surface area contributed by atoms with Crippen molar-refractivity contribution in [2.24, 2.45) is 0 Å². The molecule has 0 amide bonds. The van der Waals surface area contributed by atoms with E-state index in [1.807, 2.05) is 44.2 Å². The number of carboxylic acid groups (broad SMARTS) is 1. The first-order valence-electron chi connectivity index (χ1n) is 10.7. The third kappa shape index (κ3) is 4.50. The number of carbonyl (C=O) groups is 1. The van der Waals surface area contributed by atoms with Gasteiger partial charge in [-0.3, -0.25) is 4.79 Å². The molecular formula is C26H25NO5S. The highest BCUT2D eigenvalue weighted by Gasteiger charge is 2.25. The summed E-state index contributed by atoms with van der Waals surface area (Å²) in [6, 6.07) is 19.9. The molecule has 0 atom stereocenters. The Morgan fingerprint density at radius 3 is 2.45 bits per heavy atom. The zero-order valence-electron chi connectivity index (χ0n) is 18.5. The van der Waals surface area contributed by atoms with Crippen molar-refractivity contribution in [3.63, 3.8) is 0 Å². The molecule has 0 aliphatic rings. The van der Waals surface area contributed by atoms with Crippen molar-refractivity contribution in [2.45, 2.75) is 31.6 Å². The SMILES string of the molecule is CCOc1ccc2c(CCC(=O)O)cn(S(=O)(=O)c3ccccc3-c3ccc(C)cc3)c2c1. The van der Waals surface area contributed by atoms with E-state index in [9.17, 15) is 13.2 Å². The summed E-state index contributed by atoms with van der Waals surface area (Å²) in [5.41, 5.74) is 3.61. The first-order chi connectivity index (χ1) is 15.8. The number of fused-ring (bicyclic) bond motifs is 1. The Bertz CT molecular complexity index is 1420. The van der Waals surface area contributed by atoms with E-state index in [1.54, 1.807) is 36.4 Å². The van der Waals surface area contributed by atoms with Crippen molar-refractivity contribution in [1.82, 2.24) is 3.97 Å². The van der Waals surface area contributed by atoms with Crippen molar-refractivity contribution in [2.75, 3.05) is 6.61 Å². The summed E-state index contributed by atoms with van der Waals surface area (Å²) in [5, 5.41) is 9.83. The molecule has 0 radical (unpaired) electrons. The Morgan fingerprint density at radius 2 is 1.76 bits per heavy atom. The Hall–Kier alpha value is -3.58. The summed E-state index contributed by atoms with van der Waals surface area (Å²) in [6.07, 6.45) is 1.67. The van der Waals surface area contributed by atoms with Gasteiger partial charge in [0.25, 0.3) is 10.0 Å². The molecule has 4 aromatic rings. The van der Waals surface area contributed by atoms with Crippen LogP contribution in [0.3, 0.4) is 0 Å². The van der Waals surface area contributed by atoms with Crippen LogP contribution in [0.15, 0.2) is 77.8 Å². The fourth-order valence-corrected chi connectivity index (χ4v) is 5.51. The first kappa shape index (κ1) is 22.6. The van der Waals surface area contributed by atoms with E-state index in [2.05, 4.69) is 0 Å². The molecule has 0 bridgehead atoms. The van der Waals surface area contributed by atoms with Gasteiger partial charge in [0.05, 0.1) is 17.0 Å². The summed E-state index contributed by atoms with van der Waals surface area (Å²) in [5.74, 6) is -0.384. The normalized spacial score (nSPS) is 11.6. The zero-order valence-corrected chi connectivity index (χ0v) is 19.3. The maximum Gasteiger partial charge on any atom is 0.303 e. The number of aliphatic carboxylic acids is 1. The highest BCUT2D eigenvalue weighted by atomic mass is 32.2. The molecule has 1 heterocycles. The zero-order chi connectivity index (χ0) is 23.6. The fraction of sp³-hybridized carbons (Fsp3) is 0.192. The van der Waals surface area contributed by atoms with Gasteiger partial charge in [-0.15, -0.1) is 0 Å². The molecule has 33 heavy (non-hydrogen) atoms. The van der Waals surface area contributed by atoms with E-state index >= 15 is 0 Å². The van der Waals surface area contributed by atoms with Crippen LogP contribution in [0.2, 0.25) is 0 Å². The molecule has 0 aliphatic carbocycles. The highest BCUT2D eigenvalue weighted by Crippen LogP contribution is 2.34. The van der Waals surface area contributed by atoms with Gasteiger partial charge in [-0.2, -0.15) is 0 Å². The topological polar surface area (TPSA) is 85.6 Å². The van der Waals surface area contributed by atoms with Crippen LogP contribution >= 0.6 is 0 Å². The second kappa shape index (κ2) is 9.11. The molecule has 0 fully saturated rings. The van der Waals surface area contributed by atoms with E-state index < -0.39 is 16.0 Å². The largest absolute Gasteiger partial charge is 0.494 e. The lowest BCUT2D eigenvalue weighted by molar-refractivity contribution is -0.136. The van der Waals surface area contributed by atoms with Crippen LogP contribution < -0.4 is 4.74 Å².